The lowest BCUT2D eigenvalue weighted by Gasteiger charge is -2.39. The Morgan fingerprint density at radius 1 is 1.18 bits per heavy atom. The Labute approximate surface area is 165 Å². The van der Waals surface area contributed by atoms with Gasteiger partial charge in [0.05, 0.1) is 12.2 Å². The van der Waals surface area contributed by atoms with Crippen LogP contribution in [-0.2, 0) is 11.3 Å². The van der Waals surface area contributed by atoms with Crippen LogP contribution in [0.1, 0.15) is 49.0 Å². The van der Waals surface area contributed by atoms with E-state index in [9.17, 15) is 9.59 Å². The number of rotatable bonds is 3. The average molecular weight is 379 g/mol. The van der Waals surface area contributed by atoms with E-state index in [1.165, 1.54) is 6.42 Å². The van der Waals surface area contributed by atoms with Gasteiger partial charge in [-0.25, -0.2) is 0 Å². The summed E-state index contributed by atoms with van der Waals surface area (Å²) < 4.78 is 5.95. The Hall–Kier alpha value is -2.89. The second kappa shape index (κ2) is 7.26. The van der Waals surface area contributed by atoms with Gasteiger partial charge in [0.15, 0.2) is 5.60 Å². The fourth-order valence-corrected chi connectivity index (χ4v) is 3.81. The van der Waals surface area contributed by atoms with Gasteiger partial charge in [0.2, 0.25) is 0 Å². The van der Waals surface area contributed by atoms with Crippen LogP contribution < -0.4 is 9.64 Å². The molecule has 2 aromatic rings. The minimum absolute atomic E-state index is 0.0149. The molecule has 28 heavy (non-hydrogen) atoms. The predicted molar refractivity (Wildman–Crippen MR) is 106 cm³/mol. The van der Waals surface area contributed by atoms with Gasteiger partial charge in [-0.2, -0.15) is 0 Å². The number of pyridine rings is 1. The third-order valence-corrected chi connectivity index (χ3v) is 5.33. The van der Waals surface area contributed by atoms with Crippen molar-refractivity contribution in [3.63, 3.8) is 0 Å². The number of likely N-dealkylation sites (tertiary alicyclic amines) is 1. The molecule has 2 aliphatic heterocycles. The zero-order chi connectivity index (χ0) is 19.7. The normalized spacial score (nSPS) is 18.4. The highest BCUT2D eigenvalue weighted by Gasteiger charge is 2.41. The first-order valence-electron chi connectivity index (χ1n) is 9.79. The van der Waals surface area contributed by atoms with Crippen molar-refractivity contribution in [2.24, 2.45) is 0 Å². The molecule has 0 bridgehead atoms. The van der Waals surface area contributed by atoms with E-state index in [4.69, 9.17) is 4.74 Å². The van der Waals surface area contributed by atoms with Crippen LogP contribution in [0.4, 0.5) is 5.69 Å². The Kier molecular flexibility index (Phi) is 4.79. The lowest BCUT2D eigenvalue weighted by Crippen LogP contribution is -2.52. The molecule has 146 valence electrons. The van der Waals surface area contributed by atoms with Crippen molar-refractivity contribution in [2.75, 3.05) is 18.0 Å². The lowest BCUT2D eigenvalue weighted by atomic mass is 10.0. The number of piperidine rings is 1. The molecular weight excluding hydrogens is 354 g/mol. The number of hydrogen-bond acceptors (Lipinski definition) is 4. The smallest absolute Gasteiger partial charge is 0.271 e. The van der Waals surface area contributed by atoms with Crippen LogP contribution in [0, 0.1) is 0 Å². The maximum absolute atomic E-state index is 13.1. The molecule has 0 unspecified atom stereocenters. The Morgan fingerprint density at radius 2 is 1.96 bits per heavy atom. The minimum Gasteiger partial charge on any atom is -0.476 e. The maximum Gasteiger partial charge on any atom is 0.271 e. The molecule has 1 aromatic carbocycles. The van der Waals surface area contributed by atoms with Gasteiger partial charge in [-0.3, -0.25) is 14.6 Å². The van der Waals surface area contributed by atoms with Gasteiger partial charge in [0, 0.05) is 31.0 Å². The van der Waals surface area contributed by atoms with Gasteiger partial charge in [-0.15, -0.1) is 0 Å². The third kappa shape index (κ3) is 3.46. The largest absolute Gasteiger partial charge is 0.476 e. The molecule has 6 nitrogen and oxygen atoms in total. The number of fused-ring (bicyclic) bond motifs is 1. The van der Waals surface area contributed by atoms with E-state index in [0.29, 0.717) is 23.5 Å². The molecule has 0 atom stereocenters. The van der Waals surface area contributed by atoms with Gasteiger partial charge in [-0.1, -0.05) is 6.07 Å². The van der Waals surface area contributed by atoms with Gasteiger partial charge in [-0.05, 0) is 62.9 Å². The van der Waals surface area contributed by atoms with Crippen molar-refractivity contribution in [1.29, 1.82) is 0 Å². The van der Waals surface area contributed by atoms with Crippen molar-refractivity contribution >= 4 is 17.5 Å². The number of nitrogens with zero attached hydrogens (tertiary/aromatic N) is 3. The van der Waals surface area contributed by atoms with Crippen molar-refractivity contribution in [3.8, 4) is 5.75 Å². The second-order valence-electron chi connectivity index (χ2n) is 7.90. The molecule has 1 aromatic heterocycles. The Balaban J connectivity index is 1.69. The van der Waals surface area contributed by atoms with E-state index in [0.717, 1.165) is 31.5 Å². The van der Waals surface area contributed by atoms with Crippen molar-refractivity contribution in [1.82, 2.24) is 9.88 Å². The molecule has 1 saturated heterocycles. The summed E-state index contributed by atoms with van der Waals surface area (Å²) in [5.74, 6) is 0.496. The summed E-state index contributed by atoms with van der Waals surface area (Å²) in [6.45, 7) is 5.49. The standard InChI is InChI=1S/C22H25N3O3/c1-22(2)21(27)25(15-16-7-6-10-23-14-16)18-13-17(8-9-19(18)28-22)20(26)24-11-4-3-5-12-24/h6-10,13-14H,3-5,11-12,15H2,1-2H3. The highest BCUT2D eigenvalue weighted by atomic mass is 16.5. The van der Waals surface area contributed by atoms with E-state index in [1.807, 2.05) is 17.0 Å². The molecule has 0 radical (unpaired) electrons. The van der Waals surface area contributed by atoms with Gasteiger partial charge in [0.1, 0.15) is 5.75 Å². The molecule has 0 saturated carbocycles. The fourth-order valence-electron chi connectivity index (χ4n) is 3.81. The zero-order valence-electron chi connectivity index (χ0n) is 16.4. The monoisotopic (exact) mass is 379 g/mol. The van der Waals surface area contributed by atoms with Crippen LogP contribution in [0.5, 0.6) is 5.75 Å². The van der Waals surface area contributed by atoms with E-state index in [-0.39, 0.29) is 11.8 Å². The summed E-state index contributed by atoms with van der Waals surface area (Å²) in [4.78, 5) is 33.7. The summed E-state index contributed by atoms with van der Waals surface area (Å²) in [6, 6.07) is 9.17. The van der Waals surface area contributed by atoms with Crippen LogP contribution in [0.3, 0.4) is 0 Å². The van der Waals surface area contributed by atoms with Crippen molar-refractivity contribution in [3.05, 3.63) is 53.9 Å². The third-order valence-electron chi connectivity index (χ3n) is 5.33. The first-order valence-corrected chi connectivity index (χ1v) is 9.79. The number of amides is 2. The summed E-state index contributed by atoms with van der Waals surface area (Å²) in [6.07, 6.45) is 6.71. The lowest BCUT2D eigenvalue weighted by molar-refractivity contribution is -0.132. The number of ether oxygens (including phenoxy) is 1. The molecule has 2 aliphatic rings. The summed E-state index contributed by atoms with van der Waals surface area (Å²) >= 11 is 0. The van der Waals surface area contributed by atoms with Gasteiger partial charge >= 0.3 is 0 Å². The number of anilines is 1. The van der Waals surface area contributed by atoms with Crippen LogP contribution in [0.2, 0.25) is 0 Å². The van der Waals surface area contributed by atoms with Crippen LogP contribution in [0.15, 0.2) is 42.7 Å². The number of hydrogen-bond donors (Lipinski definition) is 0. The number of carbonyl (C=O) groups is 2. The van der Waals surface area contributed by atoms with Crippen LogP contribution >= 0.6 is 0 Å². The Morgan fingerprint density at radius 3 is 2.68 bits per heavy atom. The Bertz CT molecular complexity index is 889. The summed E-state index contributed by atoms with van der Waals surface area (Å²) in [5, 5.41) is 0. The zero-order valence-corrected chi connectivity index (χ0v) is 16.4. The van der Waals surface area contributed by atoms with Gasteiger partial charge in [0.25, 0.3) is 11.8 Å². The topological polar surface area (TPSA) is 62.7 Å². The van der Waals surface area contributed by atoms with E-state index in [1.54, 1.807) is 49.3 Å². The summed E-state index contributed by atoms with van der Waals surface area (Å²) in [5.41, 5.74) is 1.18. The van der Waals surface area contributed by atoms with Crippen LogP contribution in [0.25, 0.3) is 0 Å². The SMILES string of the molecule is CC1(C)Oc2ccc(C(=O)N3CCCCC3)cc2N(Cc2cccnc2)C1=O. The molecule has 1 fully saturated rings. The minimum atomic E-state index is -0.965. The second-order valence-corrected chi connectivity index (χ2v) is 7.90. The molecule has 0 N–H and O–H groups in total. The molecule has 2 amide bonds. The molecule has 0 spiro atoms. The van der Waals surface area contributed by atoms with Crippen LogP contribution in [-0.4, -0.2) is 40.4 Å². The summed E-state index contributed by atoms with van der Waals surface area (Å²) in [7, 11) is 0. The fraction of sp³-hybridized carbons (Fsp3) is 0.409. The highest BCUT2D eigenvalue weighted by molar-refractivity contribution is 6.04. The maximum atomic E-state index is 13.1. The molecule has 6 heteroatoms. The number of aromatic nitrogens is 1. The first-order chi connectivity index (χ1) is 13.5. The quantitative estimate of drug-likeness (QED) is 0.820. The van der Waals surface area contributed by atoms with Gasteiger partial charge < -0.3 is 14.5 Å². The average Bonchev–Trinajstić information content (AvgIpc) is 2.72. The van der Waals surface area contributed by atoms with E-state index < -0.39 is 5.60 Å². The molecule has 3 heterocycles. The molecular formula is C22H25N3O3. The predicted octanol–water partition coefficient (Wildman–Crippen LogP) is 3.41. The molecule has 4 rings (SSSR count). The van der Waals surface area contributed by atoms with E-state index >= 15 is 0 Å². The molecule has 0 aliphatic carbocycles. The number of carbonyl (C=O) groups excluding carboxylic acids is 2. The number of benzene rings is 1. The van der Waals surface area contributed by atoms with Crippen molar-refractivity contribution in [2.45, 2.75) is 45.3 Å². The first kappa shape index (κ1) is 18.5. The van der Waals surface area contributed by atoms with E-state index in [2.05, 4.69) is 4.98 Å². The highest BCUT2D eigenvalue weighted by Crippen LogP contribution is 2.39. The van der Waals surface area contributed by atoms with Crippen molar-refractivity contribution < 1.29 is 14.3 Å².